The van der Waals surface area contributed by atoms with Crippen molar-refractivity contribution >= 4 is 26.8 Å². The van der Waals surface area contributed by atoms with Crippen LogP contribution in [0.5, 0.6) is 0 Å². The molecule has 0 spiro atoms. The molecule has 0 aliphatic heterocycles. The van der Waals surface area contributed by atoms with Crippen molar-refractivity contribution in [1.29, 1.82) is 5.26 Å². The fourth-order valence-corrected chi connectivity index (χ4v) is 4.19. The van der Waals surface area contributed by atoms with E-state index in [9.17, 15) is 13.7 Å². The van der Waals surface area contributed by atoms with Crippen molar-refractivity contribution in [3.05, 3.63) is 95.8 Å². The van der Waals surface area contributed by atoms with Crippen LogP contribution < -0.4 is 0 Å². The summed E-state index contributed by atoms with van der Waals surface area (Å²) < 4.78 is 30.1. The normalized spacial score (nSPS) is 13.1. The third kappa shape index (κ3) is 3.86. The van der Waals surface area contributed by atoms with E-state index < -0.39 is 15.9 Å². The number of aryl methyl sites for hydroxylation is 1. The number of H-pyrrole nitrogens is 1. The molecule has 1 aromatic heterocycles. The van der Waals surface area contributed by atoms with Crippen molar-refractivity contribution in [2.24, 2.45) is 4.40 Å². The number of benzene rings is 3. The topological polar surface area (TPSA) is 99.0 Å². The molecular weight excluding hydrogens is 396 g/mol. The number of aromatic nitrogens is 2. The number of hydrogen-bond acceptors (Lipinski definition) is 4. The summed E-state index contributed by atoms with van der Waals surface area (Å²) in [5.41, 5.74) is 3.07. The number of rotatable bonds is 5. The molecule has 3 aromatic carbocycles. The van der Waals surface area contributed by atoms with Crippen molar-refractivity contribution in [2.75, 3.05) is 0 Å². The van der Waals surface area contributed by atoms with Crippen LogP contribution in [-0.4, -0.2) is 24.1 Å². The van der Waals surface area contributed by atoms with Crippen LogP contribution in [0.25, 0.3) is 11.0 Å². The summed E-state index contributed by atoms with van der Waals surface area (Å²) >= 11 is 0. The van der Waals surface area contributed by atoms with Gasteiger partial charge in [0.05, 0.1) is 27.7 Å². The molecule has 0 amide bonds. The Balaban J connectivity index is 1.88. The smallest absolute Gasteiger partial charge is 0.282 e. The summed E-state index contributed by atoms with van der Waals surface area (Å²) in [7, 11) is -4.02. The monoisotopic (exact) mass is 414 g/mol. The fourth-order valence-electron chi connectivity index (χ4n) is 3.13. The molecule has 0 saturated heterocycles. The van der Waals surface area contributed by atoms with E-state index in [4.69, 9.17) is 0 Å². The zero-order valence-electron chi connectivity index (χ0n) is 16.1. The lowest BCUT2D eigenvalue weighted by Crippen LogP contribution is -2.16. The quantitative estimate of drug-likeness (QED) is 0.491. The Morgan fingerprint density at radius 3 is 2.33 bits per heavy atom. The van der Waals surface area contributed by atoms with Crippen LogP contribution in [-0.2, 0) is 10.0 Å². The zero-order valence-corrected chi connectivity index (χ0v) is 17.0. The number of nitrogens with zero attached hydrogens (tertiary/aromatic N) is 3. The molecule has 30 heavy (non-hydrogen) atoms. The molecule has 0 bridgehead atoms. The molecule has 4 aromatic rings. The Hall–Kier alpha value is -3.76. The number of aromatic amines is 1. The molecule has 148 valence electrons. The number of imidazole rings is 1. The van der Waals surface area contributed by atoms with Crippen molar-refractivity contribution in [3.63, 3.8) is 0 Å². The minimum Gasteiger partial charge on any atom is -0.341 e. The summed E-state index contributed by atoms with van der Waals surface area (Å²) in [6.45, 7) is 1.88. The number of nitrogens with one attached hydrogen (secondary N) is 1. The maximum Gasteiger partial charge on any atom is 0.282 e. The molecule has 1 atom stereocenters. The first kappa shape index (κ1) is 19.6. The maximum atomic E-state index is 13.0. The highest BCUT2D eigenvalue weighted by molar-refractivity contribution is 7.90. The predicted octanol–water partition coefficient (Wildman–Crippen LogP) is 4.36. The number of para-hydroxylation sites is 2. The van der Waals surface area contributed by atoms with Gasteiger partial charge in [-0.15, -0.1) is 0 Å². The van der Waals surface area contributed by atoms with Gasteiger partial charge in [0.1, 0.15) is 11.7 Å². The lowest BCUT2D eigenvalue weighted by Gasteiger charge is -2.11. The number of sulfonamides is 1. The summed E-state index contributed by atoms with van der Waals surface area (Å²) in [5, 5.41) is 9.95. The number of hydrogen-bond donors (Lipinski definition) is 1. The lowest BCUT2D eigenvalue weighted by atomic mass is 9.97. The van der Waals surface area contributed by atoms with Gasteiger partial charge >= 0.3 is 0 Å². The van der Waals surface area contributed by atoms with Crippen LogP contribution in [0.2, 0.25) is 0 Å². The average molecular weight is 414 g/mol. The van der Waals surface area contributed by atoms with Gasteiger partial charge in [-0.1, -0.05) is 60.2 Å². The molecular formula is C23H18N4O2S. The van der Waals surface area contributed by atoms with Crippen LogP contribution in [0.4, 0.5) is 0 Å². The van der Waals surface area contributed by atoms with Crippen LogP contribution >= 0.6 is 0 Å². The van der Waals surface area contributed by atoms with Crippen LogP contribution in [0.1, 0.15) is 22.9 Å². The molecule has 1 heterocycles. The molecule has 7 heteroatoms. The van der Waals surface area contributed by atoms with Crippen molar-refractivity contribution in [3.8, 4) is 6.07 Å². The second kappa shape index (κ2) is 7.93. The minimum atomic E-state index is -4.02. The Morgan fingerprint density at radius 2 is 1.67 bits per heavy atom. The lowest BCUT2D eigenvalue weighted by molar-refractivity contribution is 0.598. The number of nitriles is 1. The molecule has 0 fully saturated rings. The maximum absolute atomic E-state index is 13.0. The summed E-state index contributed by atoms with van der Waals surface area (Å²) in [4.78, 5) is 7.68. The first-order chi connectivity index (χ1) is 14.5. The predicted molar refractivity (Wildman–Crippen MR) is 116 cm³/mol. The van der Waals surface area contributed by atoms with E-state index in [-0.39, 0.29) is 10.6 Å². The van der Waals surface area contributed by atoms with Gasteiger partial charge in [-0.3, -0.25) is 0 Å². The van der Waals surface area contributed by atoms with E-state index in [0.29, 0.717) is 16.9 Å². The van der Waals surface area contributed by atoms with Gasteiger partial charge in [0.25, 0.3) is 10.0 Å². The van der Waals surface area contributed by atoms with E-state index in [1.165, 1.54) is 12.1 Å². The Kier molecular flexibility index (Phi) is 5.17. The van der Waals surface area contributed by atoms with Gasteiger partial charge in [-0.05, 0) is 36.8 Å². The first-order valence-electron chi connectivity index (χ1n) is 9.29. The van der Waals surface area contributed by atoms with E-state index >= 15 is 0 Å². The Labute approximate surface area is 174 Å². The van der Waals surface area contributed by atoms with Gasteiger partial charge < -0.3 is 4.98 Å². The van der Waals surface area contributed by atoms with E-state index in [0.717, 1.165) is 11.1 Å². The summed E-state index contributed by atoms with van der Waals surface area (Å²) in [6.07, 6.45) is 0. The molecule has 0 radical (unpaired) electrons. The molecule has 0 aliphatic carbocycles. The van der Waals surface area contributed by atoms with Gasteiger partial charge in [0, 0.05) is 0 Å². The van der Waals surface area contributed by atoms with Gasteiger partial charge in [0.15, 0.2) is 0 Å². The van der Waals surface area contributed by atoms with Crippen LogP contribution in [0.3, 0.4) is 0 Å². The van der Waals surface area contributed by atoms with Gasteiger partial charge in [-0.2, -0.15) is 18.1 Å². The highest BCUT2D eigenvalue weighted by Gasteiger charge is 2.26. The SMILES string of the molecule is Cc1ccc(S(=O)(=O)N=C(c2ccccc2)[C@@H](C#N)c2nc3ccccc3[nH]2)cc1. The second-order valence-electron chi connectivity index (χ2n) is 6.83. The standard InChI is InChI=1S/C23H18N4O2S/c1-16-11-13-18(14-12-16)30(28,29)27-22(17-7-3-2-4-8-17)19(15-24)23-25-20-9-5-6-10-21(20)26-23/h2-14,19H,1H3,(H,25,26)/t19-/m1/s1. The molecule has 4 rings (SSSR count). The van der Waals surface area contributed by atoms with Crippen LogP contribution in [0.15, 0.2) is 88.2 Å². The largest absolute Gasteiger partial charge is 0.341 e. The second-order valence-corrected chi connectivity index (χ2v) is 8.44. The average Bonchev–Trinajstić information content (AvgIpc) is 3.18. The Bertz CT molecular complexity index is 1330. The highest BCUT2D eigenvalue weighted by atomic mass is 32.2. The number of fused-ring (bicyclic) bond motifs is 1. The molecule has 0 aliphatic rings. The summed E-state index contributed by atoms with van der Waals surface area (Å²) in [6, 6.07) is 24.8. The minimum absolute atomic E-state index is 0.0721. The molecule has 6 nitrogen and oxygen atoms in total. The molecule has 0 saturated carbocycles. The first-order valence-corrected chi connectivity index (χ1v) is 10.7. The summed E-state index contributed by atoms with van der Waals surface area (Å²) in [5.74, 6) is -0.638. The molecule has 1 N–H and O–H groups in total. The zero-order chi connectivity index (χ0) is 21.1. The third-order valence-corrected chi connectivity index (χ3v) is 6.00. The third-order valence-electron chi connectivity index (χ3n) is 4.69. The van der Waals surface area contributed by atoms with Crippen molar-refractivity contribution in [2.45, 2.75) is 17.7 Å². The van der Waals surface area contributed by atoms with Gasteiger partial charge in [-0.25, -0.2) is 4.98 Å². The van der Waals surface area contributed by atoms with E-state index in [1.807, 2.05) is 37.3 Å². The van der Waals surface area contributed by atoms with Crippen molar-refractivity contribution < 1.29 is 8.42 Å². The van der Waals surface area contributed by atoms with E-state index in [1.54, 1.807) is 36.4 Å². The highest BCUT2D eigenvalue weighted by Crippen LogP contribution is 2.24. The van der Waals surface area contributed by atoms with Crippen molar-refractivity contribution in [1.82, 2.24) is 9.97 Å². The van der Waals surface area contributed by atoms with Gasteiger partial charge in [0.2, 0.25) is 0 Å². The fraction of sp³-hybridized carbons (Fsp3) is 0.0870. The van der Waals surface area contributed by atoms with E-state index in [2.05, 4.69) is 20.4 Å². The molecule has 0 unspecified atom stereocenters. The van der Waals surface area contributed by atoms with Crippen LogP contribution in [0, 0.1) is 18.3 Å². The Morgan fingerprint density at radius 1 is 1.00 bits per heavy atom.